The van der Waals surface area contributed by atoms with Gasteiger partial charge >= 0.3 is 6.19 Å². The van der Waals surface area contributed by atoms with Crippen molar-refractivity contribution in [3.05, 3.63) is 29.0 Å². The van der Waals surface area contributed by atoms with Crippen molar-refractivity contribution in [2.24, 2.45) is 0 Å². The molecular weight excluding hydrogens is 212 g/mol. The molecule has 1 aromatic rings. The number of halogens is 1. The van der Waals surface area contributed by atoms with Crippen molar-refractivity contribution in [2.75, 3.05) is 7.05 Å². The van der Waals surface area contributed by atoms with Crippen LogP contribution in [0.5, 0.6) is 0 Å². The van der Waals surface area contributed by atoms with Gasteiger partial charge in [-0.25, -0.2) is 4.98 Å². The van der Waals surface area contributed by atoms with E-state index in [0.29, 0.717) is 17.5 Å². The van der Waals surface area contributed by atoms with Crippen molar-refractivity contribution in [2.45, 2.75) is 13.5 Å². The number of nitrogens with one attached hydrogen (secondary N) is 1. The molecule has 1 aromatic heterocycles. The van der Waals surface area contributed by atoms with Gasteiger partial charge in [0.15, 0.2) is 0 Å². The Morgan fingerprint density at radius 2 is 2.33 bits per heavy atom. The summed E-state index contributed by atoms with van der Waals surface area (Å²) in [5.41, 5.74) is 0.884. The van der Waals surface area contributed by atoms with E-state index in [-0.39, 0.29) is 4.48 Å². The lowest BCUT2D eigenvalue weighted by Crippen LogP contribution is -2.42. The summed E-state index contributed by atoms with van der Waals surface area (Å²) < 4.78 is -0.0800. The van der Waals surface area contributed by atoms with Crippen LogP contribution in [0, 0.1) is 16.9 Å². The summed E-state index contributed by atoms with van der Waals surface area (Å²) in [5, 5.41) is 17.0. The van der Waals surface area contributed by atoms with Crippen molar-refractivity contribution in [1.29, 1.82) is 10.7 Å². The first-order valence-electron chi connectivity index (χ1n) is 4.41. The number of nitriles is 1. The van der Waals surface area contributed by atoms with Gasteiger partial charge in [-0.1, -0.05) is 11.6 Å². The van der Waals surface area contributed by atoms with Crippen LogP contribution in [-0.2, 0) is 6.54 Å². The molecule has 0 saturated heterocycles. The van der Waals surface area contributed by atoms with Crippen molar-refractivity contribution in [1.82, 2.24) is 4.98 Å². The highest BCUT2D eigenvalue weighted by atomic mass is 35.5. The van der Waals surface area contributed by atoms with Crippen molar-refractivity contribution >= 4 is 17.4 Å². The maximum Gasteiger partial charge on any atom is 0.315 e. The van der Waals surface area contributed by atoms with Gasteiger partial charge in [-0.2, -0.15) is 4.48 Å². The van der Waals surface area contributed by atoms with Crippen LogP contribution >= 0.6 is 11.6 Å². The molecule has 0 bridgehead atoms. The Balaban J connectivity index is 2.90. The second-order valence-corrected chi connectivity index (χ2v) is 3.91. The standard InChI is InChI=1S/C10H12ClN4/c1-8(13)15(2,7-12)6-9-3-4-10(11)14-5-9/h3-5,13H,6H2,1-2H3/q+1. The Labute approximate surface area is 93.8 Å². The quantitative estimate of drug-likeness (QED) is 0.275. The average Bonchev–Trinajstić information content (AvgIpc) is 2.21. The summed E-state index contributed by atoms with van der Waals surface area (Å²) >= 11 is 5.66. The molecule has 1 heterocycles. The molecule has 0 amide bonds. The molecule has 0 fully saturated rings. The van der Waals surface area contributed by atoms with Gasteiger partial charge < -0.3 is 0 Å². The molecule has 0 aliphatic heterocycles. The van der Waals surface area contributed by atoms with Crippen molar-refractivity contribution in [3.63, 3.8) is 0 Å². The summed E-state index contributed by atoms with van der Waals surface area (Å²) in [6, 6.07) is 3.49. The summed E-state index contributed by atoms with van der Waals surface area (Å²) in [6.45, 7) is 2.04. The van der Waals surface area contributed by atoms with Gasteiger partial charge in [-0.15, -0.1) is 5.26 Å². The average molecular weight is 224 g/mol. The minimum Gasteiger partial charge on any atom is -0.254 e. The Hall–Kier alpha value is -1.44. The van der Waals surface area contributed by atoms with Gasteiger partial charge in [0, 0.05) is 18.7 Å². The summed E-state index contributed by atoms with van der Waals surface area (Å²) in [5.74, 6) is 0.299. The minimum absolute atomic E-state index is 0.0800. The second-order valence-electron chi connectivity index (χ2n) is 3.52. The van der Waals surface area contributed by atoms with Crippen molar-refractivity contribution < 1.29 is 4.48 Å². The molecule has 1 atom stereocenters. The molecule has 0 aliphatic carbocycles. The highest BCUT2D eigenvalue weighted by molar-refractivity contribution is 6.29. The molecule has 5 heteroatoms. The predicted octanol–water partition coefficient (Wildman–Crippen LogP) is 2.16. The highest BCUT2D eigenvalue weighted by Gasteiger charge is 2.25. The zero-order chi connectivity index (χ0) is 11.5. The molecule has 0 aliphatic rings. The normalized spacial score (nSPS) is 14.0. The third-order valence-electron chi connectivity index (χ3n) is 2.25. The summed E-state index contributed by atoms with van der Waals surface area (Å²) in [6.07, 6.45) is 3.72. The Bertz CT molecular complexity index is 406. The Kier molecular flexibility index (Phi) is 3.40. The molecule has 0 radical (unpaired) electrons. The maximum absolute atomic E-state index is 9.01. The molecule has 0 saturated carbocycles. The summed E-state index contributed by atoms with van der Waals surface area (Å²) in [7, 11) is 1.69. The molecule has 4 nitrogen and oxygen atoms in total. The van der Waals surface area contributed by atoms with Gasteiger partial charge in [0.25, 0.3) is 0 Å². The van der Waals surface area contributed by atoms with E-state index < -0.39 is 0 Å². The van der Waals surface area contributed by atoms with Crippen LogP contribution in [-0.4, -0.2) is 22.4 Å². The number of hydrogen-bond acceptors (Lipinski definition) is 3. The van der Waals surface area contributed by atoms with E-state index in [0.717, 1.165) is 5.56 Å². The van der Waals surface area contributed by atoms with Crippen LogP contribution in [0.2, 0.25) is 5.15 Å². The molecule has 1 N–H and O–H groups in total. The number of pyridine rings is 1. The molecule has 1 unspecified atom stereocenters. The third kappa shape index (κ3) is 2.75. The van der Waals surface area contributed by atoms with Crippen LogP contribution in [0.3, 0.4) is 0 Å². The fourth-order valence-electron chi connectivity index (χ4n) is 1.09. The molecule has 0 aromatic carbocycles. The minimum atomic E-state index is -0.0800. The lowest BCUT2D eigenvalue weighted by Gasteiger charge is -2.22. The van der Waals surface area contributed by atoms with Gasteiger partial charge in [0.05, 0.1) is 7.05 Å². The molecule has 78 valence electrons. The van der Waals surface area contributed by atoms with E-state index in [1.807, 2.05) is 6.07 Å². The SMILES string of the molecule is CC(=N)[N+](C)(C#N)Cc1ccc(Cl)nc1. The lowest BCUT2D eigenvalue weighted by atomic mass is 10.2. The van der Waals surface area contributed by atoms with Gasteiger partial charge in [-0.05, 0) is 12.1 Å². The molecule has 0 spiro atoms. The monoisotopic (exact) mass is 223 g/mol. The molecular formula is C10H12ClN4+. The number of aromatic nitrogens is 1. The molecule has 15 heavy (non-hydrogen) atoms. The lowest BCUT2D eigenvalue weighted by molar-refractivity contribution is -0.767. The van der Waals surface area contributed by atoms with E-state index in [4.69, 9.17) is 22.3 Å². The first-order chi connectivity index (χ1) is 6.98. The van der Waals surface area contributed by atoms with Crippen LogP contribution in [0.1, 0.15) is 12.5 Å². The number of amidine groups is 1. The zero-order valence-electron chi connectivity index (χ0n) is 8.66. The van der Waals surface area contributed by atoms with Gasteiger partial charge in [0.1, 0.15) is 11.7 Å². The zero-order valence-corrected chi connectivity index (χ0v) is 9.41. The summed E-state index contributed by atoms with van der Waals surface area (Å²) in [4.78, 5) is 3.93. The first kappa shape index (κ1) is 11.6. The maximum atomic E-state index is 9.01. The Morgan fingerprint density at radius 3 is 2.73 bits per heavy atom. The third-order valence-corrected chi connectivity index (χ3v) is 2.47. The van der Waals surface area contributed by atoms with Crippen LogP contribution in [0.4, 0.5) is 0 Å². The first-order valence-corrected chi connectivity index (χ1v) is 4.79. The van der Waals surface area contributed by atoms with Gasteiger partial charge in [-0.3, -0.25) is 5.41 Å². The molecule has 1 rings (SSSR count). The number of hydrogen-bond donors (Lipinski definition) is 1. The smallest absolute Gasteiger partial charge is 0.254 e. The number of quaternary nitrogens is 1. The Morgan fingerprint density at radius 1 is 1.67 bits per heavy atom. The fourth-order valence-corrected chi connectivity index (χ4v) is 1.21. The van der Waals surface area contributed by atoms with E-state index in [2.05, 4.69) is 11.2 Å². The van der Waals surface area contributed by atoms with E-state index in [1.54, 1.807) is 26.2 Å². The fraction of sp³-hybridized carbons (Fsp3) is 0.300. The highest BCUT2D eigenvalue weighted by Crippen LogP contribution is 2.12. The van der Waals surface area contributed by atoms with Gasteiger partial charge in [0.2, 0.25) is 5.84 Å². The van der Waals surface area contributed by atoms with E-state index in [9.17, 15) is 0 Å². The van der Waals surface area contributed by atoms with Crippen LogP contribution < -0.4 is 0 Å². The van der Waals surface area contributed by atoms with Crippen LogP contribution in [0.15, 0.2) is 18.3 Å². The largest absolute Gasteiger partial charge is 0.315 e. The van der Waals surface area contributed by atoms with E-state index in [1.165, 1.54) is 0 Å². The predicted molar refractivity (Wildman–Crippen MR) is 58.1 cm³/mol. The van der Waals surface area contributed by atoms with Crippen LogP contribution in [0.25, 0.3) is 0 Å². The van der Waals surface area contributed by atoms with E-state index >= 15 is 0 Å². The number of rotatable bonds is 2. The topological polar surface area (TPSA) is 60.5 Å². The van der Waals surface area contributed by atoms with Crippen molar-refractivity contribution in [3.8, 4) is 6.19 Å². The number of nitrogens with zero attached hydrogens (tertiary/aromatic N) is 3. The second kappa shape index (κ2) is 4.39.